The van der Waals surface area contributed by atoms with Gasteiger partial charge in [-0.25, -0.2) is 14.4 Å². The maximum Gasteiger partial charge on any atom is 0.161 e. The number of benzene rings is 1. The van der Waals surface area contributed by atoms with Gasteiger partial charge in [0, 0.05) is 18.0 Å². The van der Waals surface area contributed by atoms with Gasteiger partial charge in [-0.3, -0.25) is 0 Å². The smallest absolute Gasteiger partial charge is 0.161 e. The Morgan fingerprint density at radius 2 is 1.94 bits per heavy atom. The van der Waals surface area contributed by atoms with Gasteiger partial charge in [0.2, 0.25) is 0 Å². The summed E-state index contributed by atoms with van der Waals surface area (Å²) in [4.78, 5) is 7.80. The zero-order valence-electron chi connectivity index (χ0n) is 8.76. The normalized spacial score (nSPS) is 12.4. The van der Waals surface area contributed by atoms with E-state index in [1.807, 2.05) is 6.92 Å². The van der Waals surface area contributed by atoms with Crippen LogP contribution in [0.25, 0.3) is 0 Å². The van der Waals surface area contributed by atoms with Crippen molar-refractivity contribution in [3.8, 4) is 0 Å². The standard InChI is InChI=1S/C12H11FN2O/c1-8-3-4-10(13)9(7-8)11(16)12-14-5-2-6-15-12/h2-7,11,16H,1H3. The molecule has 0 fully saturated rings. The van der Waals surface area contributed by atoms with Crippen LogP contribution >= 0.6 is 0 Å². The van der Waals surface area contributed by atoms with Crippen molar-refractivity contribution >= 4 is 0 Å². The van der Waals surface area contributed by atoms with Crippen molar-refractivity contribution in [3.63, 3.8) is 0 Å². The molecule has 1 unspecified atom stereocenters. The van der Waals surface area contributed by atoms with Crippen molar-refractivity contribution in [1.29, 1.82) is 0 Å². The summed E-state index contributed by atoms with van der Waals surface area (Å²) in [6.45, 7) is 1.83. The summed E-state index contributed by atoms with van der Waals surface area (Å²) < 4.78 is 13.5. The van der Waals surface area contributed by atoms with Crippen molar-refractivity contribution in [1.82, 2.24) is 9.97 Å². The largest absolute Gasteiger partial charge is 0.380 e. The van der Waals surface area contributed by atoms with E-state index >= 15 is 0 Å². The van der Waals surface area contributed by atoms with E-state index in [0.29, 0.717) is 0 Å². The van der Waals surface area contributed by atoms with Crippen molar-refractivity contribution in [3.05, 3.63) is 59.4 Å². The molecule has 0 bridgehead atoms. The minimum atomic E-state index is -1.12. The van der Waals surface area contributed by atoms with E-state index in [-0.39, 0.29) is 11.4 Å². The molecular formula is C12H11FN2O. The lowest BCUT2D eigenvalue weighted by Crippen LogP contribution is -2.07. The average molecular weight is 218 g/mol. The lowest BCUT2D eigenvalue weighted by atomic mass is 10.1. The number of hydrogen-bond acceptors (Lipinski definition) is 3. The van der Waals surface area contributed by atoms with Crippen LogP contribution in [0.5, 0.6) is 0 Å². The summed E-state index contributed by atoms with van der Waals surface area (Å²) in [7, 11) is 0. The lowest BCUT2D eigenvalue weighted by Gasteiger charge is -2.10. The first-order chi connectivity index (χ1) is 7.68. The third-order valence-electron chi connectivity index (χ3n) is 2.28. The number of aryl methyl sites for hydroxylation is 1. The van der Waals surface area contributed by atoms with Crippen LogP contribution in [0, 0.1) is 12.7 Å². The first-order valence-electron chi connectivity index (χ1n) is 4.89. The Morgan fingerprint density at radius 1 is 1.25 bits per heavy atom. The maximum absolute atomic E-state index is 13.5. The topological polar surface area (TPSA) is 46.0 Å². The number of aliphatic hydroxyl groups is 1. The molecule has 1 heterocycles. The van der Waals surface area contributed by atoms with E-state index in [1.54, 1.807) is 18.2 Å². The molecule has 2 aromatic rings. The minimum absolute atomic E-state index is 0.200. The fraction of sp³-hybridized carbons (Fsp3) is 0.167. The van der Waals surface area contributed by atoms with Crippen LogP contribution in [-0.2, 0) is 0 Å². The van der Waals surface area contributed by atoms with Gasteiger partial charge in [0.25, 0.3) is 0 Å². The fourth-order valence-corrected chi connectivity index (χ4v) is 1.46. The molecule has 0 amide bonds. The molecule has 2 rings (SSSR count). The monoisotopic (exact) mass is 218 g/mol. The molecule has 1 N–H and O–H groups in total. The first-order valence-corrected chi connectivity index (χ1v) is 4.89. The van der Waals surface area contributed by atoms with E-state index in [9.17, 15) is 9.50 Å². The molecule has 82 valence electrons. The zero-order valence-corrected chi connectivity index (χ0v) is 8.76. The van der Waals surface area contributed by atoms with E-state index in [0.717, 1.165) is 5.56 Å². The van der Waals surface area contributed by atoms with Gasteiger partial charge < -0.3 is 5.11 Å². The predicted octanol–water partition coefficient (Wildman–Crippen LogP) is 2.01. The van der Waals surface area contributed by atoms with Crippen molar-refractivity contribution in [2.24, 2.45) is 0 Å². The van der Waals surface area contributed by atoms with E-state index in [4.69, 9.17) is 0 Å². The number of hydrogen-bond donors (Lipinski definition) is 1. The lowest BCUT2D eigenvalue weighted by molar-refractivity contribution is 0.204. The molecule has 0 aliphatic heterocycles. The Balaban J connectivity index is 2.41. The van der Waals surface area contributed by atoms with Gasteiger partial charge in [-0.05, 0) is 19.1 Å². The quantitative estimate of drug-likeness (QED) is 0.838. The number of nitrogens with zero attached hydrogens (tertiary/aromatic N) is 2. The van der Waals surface area contributed by atoms with Crippen molar-refractivity contribution in [2.75, 3.05) is 0 Å². The molecule has 0 spiro atoms. The fourth-order valence-electron chi connectivity index (χ4n) is 1.46. The highest BCUT2D eigenvalue weighted by atomic mass is 19.1. The Morgan fingerprint density at radius 3 is 2.62 bits per heavy atom. The minimum Gasteiger partial charge on any atom is -0.380 e. The number of aliphatic hydroxyl groups excluding tert-OH is 1. The predicted molar refractivity (Wildman–Crippen MR) is 57.2 cm³/mol. The molecule has 0 aliphatic carbocycles. The molecule has 0 saturated carbocycles. The molecule has 1 atom stereocenters. The maximum atomic E-state index is 13.5. The van der Waals surface area contributed by atoms with Crippen molar-refractivity contribution in [2.45, 2.75) is 13.0 Å². The average Bonchev–Trinajstić information content (AvgIpc) is 2.32. The van der Waals surface area contributed by atoms with Gasteiger partial charge in [-0.2, -0.15) is 0 Å². The highest BCUT2D eigenvalue weighted by Crippen LogP contribution is 2.22. The van der Waals surface area contributed by atoms with Gasteiger partial charge in [0.1, 0.15) is 11.9 Å². The molecule has 1 aromatic heterocycles. The first kappa shape index (κ1) is 10.7. The van der Waals surface area contributed by atoms with Crippen LogP contribution in [0.3, 0.4) is 0 Å². The highest BCUT2D eigenvalue weighted by molar-refractivity contribution is 5.28. The Hall–Kier alpha value is -1.81. The third kappa shape index (κ3) is 2.06. The number of halogens is 1. The van der Waals surface area contributed by atoms with E-state index in [1.165, 1.54) is 18.5 Å². The van der Waals surface area contributed by atoms with Gasteiger partial charge in [0.05, 0.1) is 0 Å². The van der Waals surface area contributed by atoms with Crippen LogP contribution in [0.4, 0.5) is 4.39 Å². The van der Waals surface area contributed by atoms with Crippen LogP contribution in [0.2, 0.25) is 0 Å². The summed E-state index contributed by atoms with van der Waals surface area (Å²) in [6, 6.07) is 6.22. The summed E-state index contributed by atoms with van der Waals surface area (Å²) in [6.07, 6.45) is 1.90. The Labute approximate surface area is 92.6 Å². The molecule has 3 nitrogen and oxygen atoms in total. The van der Waals surface area contributed by atoms with Gasteiger partial charge >= 0.3 is 0 Å². The second-order valence-electron chi connectivity index (χ2n) is 3.53. The van der Waals surface area contributed by atoms with Gasteiger partial charge in [0.15, 0.2) is 5.82 Å². The second kappa shape index (κ2) is 4.37. The molecule has 0 saturated heterocycles. The van der Waals surface area contributed by atoms with Gasteiger partial charge in [-0.1, -0.05) is 17.7 Å². The number of rotatable bonds is 2. The molecule has 0 radical (unpaired) electrons. The van der Waals surface area contributed by atoms with Crippen LogP contribution in [-0.4, -0.2) is 15.1 Å². The molecule has 0 aliphatic rings. The zero-order chi connectivity index (χ0) is 11.5. The SMILES string of the molecule is Cc1ccc(F)c(C(O)c2ncccn2)c1. The molecular weight excluding hydrogens is 207 g/mol. The molecule has 1 aromatic carbocycles. The second-order valence-corrected chi connectivity index (χ2v) is 3.53. The number of aromatic nitrogens is 2. The summed E-state index contributed by atoms with van der Waals surface area (Å²) in [5.74, 6) is -0.252. The van der Waals surface area contributed by atoms with E-state index in [2.05, 4.69) is 9.97 Å². The highest BCUT2D eigenvalue weighted by Gasteiger charge is 2.17. The summed E-state index contributed by atoms with van der Waals surface area (Å²) >= 11 is 0. The van der Waals surface area contributed by atoms with Gasteiger partial charge in [-0.15, -0.1) is 0 Å². The van der Waals surface area contributed by atoms with Crippen LogP contribution in [0.15, 0.2) is 36.7 Å². The van der Waals surface area contributed by atoms with E-state index < -0.39 is 11.9 Å². The summed E-state index contributed by atoms with van der Waals surface area (Å²) in [5, 5.41) is 9.93. The molecule has 4 heteroatoms. The third-order valence-corrected chi connectivity index (χ3v) is 2.28. The van der Waals surface area contributed by atoms with Crippen LogP contribution < -0.4 is 0 Å². The van der Waals surface area contributed by atoms with Crippen molar-refractivity contribution < 1.29 is 9.50 Å². The molecule has 16 heavy (non-hydrogen) atoms. The Bertz CT molecular complexity index is 488. The summed E-state index contributed by atoms with van der Waals surface area (Å²) in [5.41, 5.74) is 1.08. The Kier molecular flexibility index (Phi) is 2.92. The van der Waals surface area contributed by atoms with Crippen LogP contribution in [0.1, 0.15) is 23.1 Å².